The fraction of sp³-hybridized carbons (Fsp3) is 0.133. The fourth-order valence-electron chi connectivity index (χ4n) is 2.36. The molecule has 8 heteroatoms. The third kappa shape index (κ3) is 2.70. The maximum Gasteiger partial charge on any atom is 0.177 e. The Morgan fingerprint density at radius 2 is 2.04 bits per heavy atom. The smallest absolute Gasteiger partial charge is 0.177 e. The summed E-state index contributed by atoms with van der Waals surface area (Å²) in [4.78, 5) is 4.42. The first kappa shape index (κ1) is 15.9. The summed E-state index contributed by atoms with van der Waals surface area (Å²) in [6.07, 6.45) is 0.468. The molecule has 0 bridgehead atoms. The van der Waals surface area contributed by atoms with Gasteiger partial charge in [0.1, 0.15) is 17.5 Å². The van der Waals surface area contributed by atoms with Crippen molar-refractivity contribution in [3.05, 3.63) is 55.8 Å². The molecule has 0 saturated carbocycles. The molecule has 2 heterocycles. The molecule has 0 atom stereocenters. The zero-order chi connectivity index (χ0) is 16.7. The first-order chi connectivity index (χ1) is 10.9. The van der Waals surface area contributed by atoms with E-state index < -0.39 is 0 Å². The van der Waals surface area contributed by atoms with E-state index >= 15 is 0 Å². The van der Waals surface area contributed by atoms with Crippen LogP contribution in [0.1, 0.15) is 22.4 Å². The van der Waals surface area contributed by atoms with Crippen LogP contribution in [0.15, 0.2) is 18.2 Å². The highest BCUT2D eigenvalue weighted by Gasteiger charge is 2.18. The summed E-state index contributed by atoms with van der Waals surface area (Å²) in [5.74, 6) is 0.377. The summed E-state index contributed by atoms with van der Waals surface area (Å²) >= 11 is 18.1. The number of nitrogen functional groups attached to an aromatic ring is 1. The van der Waals surface area contributed by atoms with Crippen molar-refractivity contribution in [2.75, 3.05) is 5.73 Å². The van der Waals surface area contributed by atoms with Gasteiger partial charge in [-0.1, -0.05) is 40.9 Å². The molecule has 5 nitrogen and oxygen atoms in total. The van der Waals surface area contributed by atoms with Crippen LogP contribution in [0, 0.1) is 18.3 Å². The lowest BCUT2D eigenvalue weighted by atomic mass is 10.0. The highest BCUT2D eigenvalue weighted by atomic mass is 35.5. The van der Waals surface area contributed by atoms with E-state index in [1.165, 1.54) is 4.52 Å². The molecule has 0 radical (unpaired) electrons. The molecule has 0 saturated heterocycles. The second-order valence-electron chi connectivity index (χ2n) is 4.99. The zero-order valence-electron chi connectivity index (χ0n) is 11.9. The van der Waals surface area contributed by atoms with Crippen LogP contribution in [0.5, 0.6) is 0 Å². The van der Waals surface area contributed by atoms with Gasteiger partial charge >= 0.3 is 0 Å². The number of hydrogen-bond acceptors (Lipinski definition) is 4. The molecule has 0 spiro atoms. The van der Waals surface area contributed by atoms with Gasteiger partial charge in [0.2, 0.25) is 0 Å². The van der Waals surface area contributed by atoms with Gasteiger partial charge in [-0.3, -0.25) is 0 Å². The summed E-state index contributed by atoms with van der Waals surface area (Å²) in [6, 6.07) is 7.26. The number of nitrogens with zero attached hydrogens (tertiary/aromatic N) is 4. The Bertz CT molecular complexity index is 972. The number of fused-ring (bicyclic) bond motifs is 1. The first-order valence-electron chi connectivity index (χ1n) is 6.59. The fourth-order valence-corrected chi connectivity index (χ4v) is 3.04. The van der Waals surface area contributed by atoms with Gasteiger partial charge in [-0.2, -0.15) is 14.9 Å². The van der Waals surface area contributed by atoms with Gasteiger partial charge in [-0.15, -0.1) is 0 Å². The quantitative estimate of drug-likeness (QED) is 0.742. The lowest BCUT2D eigenvalue weighted by molar-refractivity contribution is 0.916. The Hall–Kier alpha value is -2.00. The van der Waals surface area contributed by atoms with E-state index in [4.69, 9.17) is 45.8 Å². The molecular formula is C15H10Cl3N5. The second kappa shape index (κ2) is 5.89. The maximum atomic E-state index is 9.16. The van der Waals surface area contributed by atoms with Crippen molar-refractivity contribution in [3.63, 3.8) is 0 Å². The van der Waals surface area contributed by atoms with Gasteiger partial charge in [0.05, 0.1) is 0 Å². The Kier molecular flexibility index (Phi) is 4.07. The average molecular weight is 367 g/mol. The van der Waals surface area contributed by atoms with Gasteiger partial charge in [0.25, 0.3) is 0 Å². The lowest BCUT2D eigenvalue weighted by Gasteiger charge is -2.12. The van der Waals surface area contributed by atoms with E-state index in [0.29, 0.717) is 33.6 Å². The molecule has 3 rings (SSSR count). The van der Waals surface area contributed by atoms with Crippen LogP contribution in [0.3, 0.4) is 0 Å². The molecule has 3 aromatic rings. The minimum atomic E-state index is 0.0766. The van der Waals surface area contributed by atoms with Crippen molar-refractivity contribution in [1.29, 1.82) is 5.26 Å². The van der Waals surface area contributed by atoms with Crippen molar-refractivity contribution in [3.8, 4) is 6.07 Å². The Morgan fingerprint density at radius 3 is 2.70 bits per heavy atom. The number of aryl methyl sites for hydroxylation is 1. The third-order valence-corrected chi connectivity index (χ3v) is 4.41. The molecule has 1 aromatic carbocycles. The average Bonchev–Trinajstić information content (AvgIpc) is 2.81. The molecule has 0 aliphatic carbocycles. The Morgan fingerprint density at radius 1 is 1.30 bits per heavy atom. The number of halogens is 3. The van der Waals surface area contributed by atoms with E-state index in [0.717, 1.165) is 11.1 Å². The summed E-state index contributed by atoms with van der Waals surface area (Å²) in [5.41, 5.74) is 9.08. The standard InChI is InChI=1S/C15H10Cl3N5/c1-7-10(4-8-2-3-9(16)5-12(8)17)14(20)23-15(21-7)11(6-19)13(18)22-23/h2-3,5H,4,20H2,1H3. The largest absolute Gasteiger partial charge is 0.383 e. The van der Waals surface area contributed by atoms with Gasteiger partial charge in [0, 0.05) is 27.7 Å². The molecule has 116 valence electrons. The topological polar surface area (TPSA) is 80.0 Å². The van der Waals surface area contributed by atoms with Gasteiger partial charge in [-0.05, 0) is 24.6 Å². The molecule has 2 N–H and O–H groups in total. The van der Waals surface area contributed by atoms with Crippen molar-refractivity contribution in [2.45, 2.75) is 13.3 Å². The van der Waals surface area contributed by atoms with Crippen LogP contribution in [-0.2, 0) is 6.42 Å². The van der Waals surface area contributed by atoms with Crippen LogP contribution < -0.4 is 5.73 Å². The second-order valence-corrected chi connectivity index (χ2v) is 6.19. The molecule has 0 aliphatic heterocycles. The van der Waals surface area contributed by atoms with E-state index in [1.807, 2.05) is 19.1 Å². The van der Waals surface area contributed by atoms with Gasteiger partial charge in [-0.25, -0.2) is 4.98 Å². The lowest BCUT2D eigenvalue weighted by Crippen LogP contribution is -2.09. The molecule has 2 aromatic heterocycles. The van der Waals surface area contributed by atoms with Crippen LogP contribution in [-0.4, -0.2) is 14.6 Å². The Balaban J connectivity index is 2.17. The molecule has 0 aliphatic rings. The Labute approximate surface area is 147 Å². The van der Waals surface area contributed by atoms with E-state index in [-0.39, 0.29) is 10.7 Å². The summed E-state index contributed by atoms with van der Waals surface area (Å²) in [7, 11) is 0. The number of aromatic nitrogens is 3. The molecular weight excluding hydrogens is 357 g/mol. The van der Waals surface area contributed by atoms with Crippen molar-refractivity contribution >= 4 is 46.3 Å². The number of rotatable bonds is 2. The van der Waals surface area contributed by atoms with Gasteiger partial charge in [0.15, 0.2) is 10.8 Å². The zero-order valence-corrected chi connectivity index (χ0v) is 14.2. The number of hydrogen-bond donors (Lipinski definition) is 1. The maximum absolute atomic E-state index is 9.16. The van der Waals surface area contributed by atoms with E-state index in [9.17, 15) is 0 Å². The normalized spacial score (nSPS) is 10.9. The van der Waals surface area contributed by atoms with Crippen LogP contribution in [0.4, 0.5) is 5.82 Å². The first-order valence-corrected chi connectivity index (χ1v) is 7.73. The summed E-state index contributed by atoms with van der Waals surface area (Å²) < 4.78 is 1.38. The third-order valence-electron chi connectivity index (χ3n) is 3.56. The van der Waals surface area contributed by atoms with Gasteiger partial charge < -0.3 is 5.73 Å². The minimum Gasteiger partial charge on any atom is -0.383 e. The summed E-state index contributed by atoms with van der Waals surface area (Å²) in [5, 5.41) is 14.4. The SMILES string of the molecule is Cc1nc2c(C#N)c(Cl)nn2c(N)c1Cc1ccc(Cl)cc1Cl. The predicted molar refractivity (Wildman–Crippen MR) is 91.1 cm³/mol. The number of benzene rings is 1. The summed E-state index contributed by atoms with van der Waals surface area (Å²) in [6.45, 7) is 1.82. The molecule has 0 fully saturated rings. The highest BCUT2D eigenvalue weighted by Crippen LogP contribution is 2.28. The monoisotopic (exact) mass is 365 g/mol. The molecule has 0 amide bonds. The van der Waals surface area contributed by atoms with E-state index in [1.54, 1.807) is 12.1 Å². The van der Waals surface area contributed by atoms with E-state index in [2.05, 4.69) is 10.1 Å². The molecule has 0 unspecified atom stereocenters. The predicted octanol–water partition coefficient (Wildman–Crippen LogP) is 4.04. The van der Waals surface area contributed by atoms with Crippen molar-refractivity contribution in [2.24, 2.45) is 0 Å². The molecule has 23 heavy (non-hydrogen) atoms. The van der Waals surface area contributed by atoms with Crippen molar-refractivity contribution in [1.82, 2.24) is 14.6 Å². The highest BCUT2D eigenvalue weighted by molar-refractivity contribution is 6.35. The van der Waals surface area contributed by atoms with Crippen molar-refractivity contribution < 1.29 is 0 Å². The van der Waals surface area contributed by atoms with Crippen LogP contribution in [0.2, 0.25) is 15.2 Å². The van der Waals surface area contributed by atoms with Crippen LogP contribution >= 0.6 is 34.8 Å². The minimum absolute atomic E-state index is 0.0766. The van der Waals surface area contributed by atoms with Crippen LogP contribution in [0.25, 0.3) is 5.65 Å². The number of nitriles is 1. The number of nitrogens with two attached hydrogens (primary N) is 1. The number of anilines is 1.